The van der Waals surface area contributed by atoms with Crippen molar-refractivity contribution in [2.45, 2.75) is 298 Å². The van der Waals surface area contributed by atoms with Gasteiger partial charge >= 0.3 is 66.3 Å². The molecular formula is C67H113F6N5O18Si2. The SMILES string of the molecule is C.C.C.CCOC(=O)[C@@]1(N(C(=O)OC(C)(C)C)C(=O)OC(C)(C)C)C[C@H]1C#CCCCCC[C@H](NC(=O)C(F)(F)F)C(=O)OCC[Si](C)(C)C.CCOC(=O)[C@@]1(NC(=O)[C@@H]2C[C@@H](O)CN2C(=O)OC(C)(C)C)C[C@H]1C#CCCCCC[C@H](NC(=O)C(F)(F)F)C(=O)OCC[Si](C)(C)C. The molecule has 4 N–H and O–H groups in total. The maximum atomic E-state index is 13.3. The maximum absolute atomic E-state index is 13.3. The largest absolute Gasteiger partial charge is 0.471 e. The molecule has 2 saturated carbocycles. The van der Waals surface area contributed by atoms with Gasteiger partial charge in [-0.2, -0.15) is 31.2 Å². The van der Waals surface area contributed by atoms with Crippen LogP contribution in [0.2, 0.25) is 51.4 Å². The molecule has 2 aliphatic carbocycles. The van der Waals surface area contributed by atoms with Gasteiger partial charge < -0.3 is 54.2 Å². The van der Waals surface area contributed by atoms with Gasteiger partial charge in [-0.05, 0) is 120 Å². The number of halogens is 6. The Balaban J connectivity index is 0. The van der Waals surface area contributed by atoms with Crippen LogP contribution in [0.1, 0.15) is 182 Å². The van der Waals surface area contributed by atoms with Crippen LogP contribution in [-0.2, 0) is 66.7 Å². The molecule has 1 heterocycles. The van der Waals surface area contributed by atoms with Gasteiger partial charge in [-0.15, -0.1) is 11.8 Å². The van der Waals surface area contributed by atoms with Crippen molar-refractivity contribution in [3.63, 3.8) is 0 Å². The molecule has 0 aromatic carbocycles. The van der Waals surface area contributed by atoms with Crippen molar-refractivity contribution in [3.8, 4) is 23.7 Å². The number of hydrogen-bond acceptors (Lipinski definition) is 18. The summed E-state index contributed by atoms with van der Waals surface area (Å²) in [7, 11) is -3.11. The second-order valence-corrected chi connectivity index (χ2v) is 40.3. The number of likely N-dealkylation sites (tertiary alicyclic amines) is 1. The van der Waals surface area contributed by atoms with Gasteiger partial charge in [0.25, 0.3) is 0 Å². The minimum atomic E-state index is -5.14. The molecule has 3 rings (SSSR count). The Morgan fingerprint density at radius 2 is 0.969 bits per heavy atom. The molecule has 8 atom stereocenters. The van der Waals surface area contributed by atoms with E-state index in [1.54, 1.807) is 86.8 Å². The highest BCUT2D eigenvalue weighted by Crippen LogP contribution is 2.51. The van der Waals surface area contributed by atoms with Crippen molar-refractivity contribution in [2.24, 2.45) is 11.8 Å². The van der Waals surface area contributed by atoms with Gasteiger partial charge in [-0.1, -0.05) is 99.1 Å². The normalized spacial score (nSPS) is 20.1. The standard InChI is InChI=1S/C32H50F3N3O9Si.C32H51F3N2O9Si.3CH4/c1-8-45-28(43)31(37-25(40)24-18-22(39)20-38(24)29(44)47-30(2,3)4)19-21(31)14-12-10-9-11-13-15-23(36-27(42)32(33,34)35)26(41)46-16-17-48(5,6)7;1-11-43-26(40)31(37(27(41)45-29(2,3)4)28(42)46-30(5,6)7)21-22(31)17-15-13-12-14-16-18-23(36-25(39)32(33,34)35)24(38)44-19-20-47(8,9)10;;;/h21-24,39H,8-11,13,15-20H2,1-7H3,(H,36,42)(H,37,40);22-23H,11-14,16,18-21H2,1-10H3,(H,36,39);3*1H4/t21-,22-,23+,24+,31-;22-,23+,31-;;;/m11.../s1. The minimum Gasteiger partial charge on any atom is -0.464 e. The summed E-state index contributed by atoms with van der Waals surface area (Å²) < 4.78 is 114. The van der Waals surface area contributed by atoms with Gasteiger partial charge in [-0.3, -0.25) is 19.3 Å². The molecule has 0 aromatic heterocycles. The van der Waals surface area contributed by atoms with Crippen LogP contribution in [0.3, 0.4) is 0 Å². The van der Waals surface area contributed by atoms with Crippen LogP contribution in [0, 0.1) is 35.5 Å². The third-order valence-corrected chi connectivity index (χ3v) is 17.7. The van der Waals surface area contributed by atoms with Crippen molar-refractivity contribution < 1.29 is 113 Å². The number of hydrogen-bond donors (Lipinski definition) is 4. The number of unbranched alkanes of at least 4 members (excludes halogenated alkanes) is 6. The summed E-state index contributed by atoms with van der Waals surface area (Å²) in [6.45, 7) is 30.4. The summed E-state index contributed by atoms with van der Waals surface area (Å²) in [5.74, 6) is 2.15. The van der Waals surface area contributed by atoms with Crippen molar-refractivity contribution in [3.05, 3.63) is 0 Å². The fourth-order valence-corrected chi connectivity index (χ4v) is 10.6. The molecule has 0 spiro atoms. The number of ether oxygens (including phenoxy) is 7. The number of rotatable bonds is 27. The molecule has 0 unspecified atom stereocenters. The lowest BCUT2D eigenvalue weighted by atomic mass is 10.1. The molecule has 0 radical (unpaired) electrons. The van der Waals surface area contributed by atoms with E-state index in [1.807, 2.05) is 0 Å². The highest BCUT2D eigenvalue weighted by Gasteiger charge is 2.70. The van der Waals surface area contributed by atoms with E-state index in [1.165, 1.54) is 0 Å². The van der Waals surface area contributed by atoms with Crippen LogP contribution in [0.5, 0.6) is 0 Å². The number of nitrogens with zero attached hydrogens (tertiary/aromatic N) is 2. The molecule has 6 amide bonds. The Morgan fingerprint density at radius 3 is 1.35 bits per heavy atom. The lowest BCUT2D eigenvalue weighted by Gasteiger charge is -2.32. The average molecular weight is 1450 g/mol. The van der Waals surface area contributed by atoms with Crippen LogP contribution >= 0.6 is 0 Å². The fraction of sp³-hybridized carbons (Fsp3) is 0.791. The first kappa shape index (κ1) is 93.4. The van der Waals surface area contributed by atoms with Crippen molar-refractivity contribution in [2.75, 3.05) is 33.0 Å². The molecule has 31 heteroatoms. The highest BCUT2D eigenvalue weighted by atomic mass is 28.3. The molecule has 3 aliphatic rings. The summed E-state index contributed by atoms with van der Waals surface area (Å²) >= 11 is 0. The summed E-state index contributed by atoms with van der Waals surface area (Å²) in [5.41, 5.74) is -5.94. The Bertz CT molecular complexity index is 2780. The number of aliphatic hydroxyl groups is 1. The second kappa shape index (κ2) is 39.4. The fourth-order valence-electron chi connectivity index (χ4n) is 9.22. The number of imide groups is 1. The number of aliphatic hydroxyl groups excluding tert-OH is 1. The van der Waals surface area contributed by atoms with E-state index in [2.05, 4.69) is 68.3 Å². The summed E-state index contributed by atoms with van der Waals surface area (Å²) in [5, 5.41) is 16.4. The lowest BCUT2D eigenvalue weighted by Crippen LogP contribution is -2.55. The first-order valence-electron chi connectivity index (χ1n) is 32.1. The number of esters is 4. The van der Waals surface area contributed by atoms with Crippen LogP contribution in [-0.4, -0.2) is 188 Å². The summed E-state index contributed by atoms with van der Waals surface area (Å²) in [4.78, 5) is 128. The number of amides is 6. The average Bonchev–Trinajstić information content (AvgIpc) is 1.56. The molecule has 1 aliphatic heterocycles. The Kier molecular flexibility index (Phi) is 37.6. The summed E-state index contributed by atoms with van der Waals surface area (Å²) in [6.07, 6.45) is -10.8. The molecular weight excluding hydrogens is 1330 g/mol. The molecule has 3 fully saturated rings. The number of alkyl halides is 6. The van der Waals surface area contributed by atoms with E-state index in [0.717, 1.165) is 4.90 Å². The van der Waals surface area contributed by atoms with Crippen LogP contribution < -0.4 is 16.0 Å². The van der Waals surface area contributed by atoms with Crippen molar-refractivity contribution in [1.29, 1.82) is 0 Å². The number of β-amino-alcohol motifs (C(OH)–C–C–N with tert-alkyl or cyclic N) is 1. The predicted octanol–water partition coefficient (Wildman–Crippen LogP) is 11.9. The van der Waals surface area contributed by atoms with Crippen LogP contribution in [0.4, 0.5) is 40.7 Å². The monoisotopic (exact) mass is 1450 g/mol. The van der Waals surface area contributed by atoms with E-state index < -0.39 is 152 Å². The van der Waals surface area contributed by atoms with E-state index in [0.29, 0.717) is 68.4 Å². The van der Waals surface area contributed by atoms with E-state index in [4.69, 9.17) is 33.2 Å². The zero-order chi connectivity index (χ0) is 72.9. The van der Waals surface area contributed by atoms with Crippen molar-refractivity contribution in [1.82, 2.24) is 25.8 Å². The Labute approximate surface area is 578 Å². The van der Waals surface area contributed by atoms with Crippen LogP contribution in [0.25, 0.3) is 0 Å². The topological polar surface area (TPSA) is 298 Å². The van der Waals surface area contributed by atoms with Gasteiger partial charge in [0, 0.05) is 41.8 Å². The lowest BCUT2D eigenvalue weighted by molar-refractivity contribution is -0.176. The number of carbonyl (C=O) groups is 10. The van der Waals surface area contributed by atoms with Gasteiger partial charge in [0.1, 0.15) is 34.9 Å². The molecule has 0 bridgehead atoms. The van der Waals surface area contributed by atoms with Gasteiger partial charge in [-0.25, -0.2) is 33.6 Å². The third kappa shape index (κ3) is 33.0. The zero-order valence-corrected chi connectivity index (χ0v) is 60.2. The Morgan fingerprint density at radius 1 is 0.571 bits per heavy atom. The molecule has 98 heavy (non-hydrogen) atoms. The van der Waals surface area contributed by atoms with Crippen LogP contribution in [0.15, 0.2) is 0 Å². The van der Waals surface area contributed by atoms with Gasteiger partial charge in [0.05, 0.1) is 50.9 Å². The first-order chi connectivity index (χ1) is 43.4. The molecule has 564 valence electrons. The highest BCUT2D eigenvalue weighted by molar-refractivity contribution is 6.76. The molecule has 0 aromatic rings. The molecule has 23 nitrogen and oxygen atoms in total. The second-order valence-electron chi connectivity index (χ2n) is 29.0. The van der Waals surface area contributed by atoms with Gasteiger partial charge in [0.15, 0.2) is 11.1 Å². The summed E-state index contributed by atoms with van der Waals surface area (Å²) in [6, 6.07) is -2.67. The Hall–Kier alpha value is -6.61. The zero-order valence-electron chi connectivity index (χ0n) is 58.2. The first-order valence-corrected chi connectivity index (χ1v) is 39.5. The van der Waals surface area contributed by atoms with E-state index in [-0.39, 0.29) is 87.4 Å². The third-order valence-electron chi connectivity index (χ3n) is 14.3. The smallest absolute Gasteiger partial charge is 0.464 e. The quantitative estimate of drug-likeness (QED) is 0.0148. The van der Waals surface area contributed by atoms with E-state index >= 15 is 0 Å². The predicted molar refractivity (Wildman–Crippen MR) is 361 cm³/mol. The van der Waals surface area contributed by atoms with Gasteiger partial charge in [0.2, 0.25) is 5.91 Å². The number of nitrogens with one attached hydrogen (secondary N) is 3. The van der Waals surface area contributed by atoms with Crippen molar-refractivity contribution >= 4 is 76.0 Å². The number of carbonyl (C=O) groups excluding carboxylic acids is 10. The minimum absolute atomic E-state index is 0. The molecule has 1 saturated heterocycles. The van der Waals surface area contributed by atoms with E-state index in [9.17, 15) is 79.4 Å². The maximum Gasteiger partial charge on any atom is 0.471 e.